The lowest BCUT2D eigenvalue weighted by Crippen LogP contribution is -2.16. The average Bonchev–Trinajstić information content (AvgIpc) is 3.15. The Kier molecular flexibility index (Phi) is 7.74. The number of aromatic nitrogens is 3. The first-order valence-corrected chi connectivity index (χ1v) is 11.5. The number of nitrogens with one attached hydrogen (secondary N) is 1. The molecule has 1 aromatic heterocycles. The van der Waals surface area contributed by atoms with Gasteiger partial charge in [-0.15, -0.1) is 10.2 Å². The second kappa shape index (κ2) is 10.5. The average molecular weight is 439 g/mol. The third-order valence-electron chi connectivity index (χ3n) is 5.00. The largest absolute Gasteiger partial charge is 0.485 e. The fourth-order valence-corrected chi connectivity index (χ4v) is 4.11. The number of para-hydroxylation sites is 1. The van der Waals surface area contributed by atoms with Crippen LogP contribution in [0.3, 0.4) is 0 Å². The third kappa shape index (κ3) is 5.88. The predicted octanol–water partition coefficient (Wildman–Crippen LogP) is 5.35. The highest BCUT2D eigenvalue weighted by Crippen LogP contribution is 2.25. The van der Waals surface area contributed by atoms with E-state index in [2.05, 4.69) is 35.4 Å². The van der Waals surface area contributed by atoms with Crippen molar-refractivity contribution in [2.45, 2.75) is 58.8 Å². The van der Waals surface area contributed by atoms with Gasteiger partial charge in [-0.05, 0) is 55.5 Å². The molecule has 0 radical (unpaired) electrons. The SMILES string of the molecule is CCn1c(COc2cc(C)ccc2C)nnc1SCC(=O)Nc1ccccc1C(C)C. The Morgan fingerprint density at radius 3 is 2.68 bits per heavy atom. The van der Waals surface area contributed by atoms with Crippen molar-refractivity contribution in [3.05, 3.63) is 65.0 Å². The summed E-state index contributed by atoms with van der Waals surface area (Å²) in [4.78, 5) is 12.5. The number of carbonyl (C=O) groups excluding carboxylic acids is 1. The first-order chi connectivity index (χ1) is 14.9. The Morgan fingerprint density at radius 2 is 1.94 bits per heavy atom. The molecule has 0 saturated carbocycles. The minimum atomic E-state index is -0.0584. The highest BCUT2D eigenvalue weighted by molar-refractivity contribution is 7.99. The van der Waals surface area contributed by atoms with Crippen LogP contribution < -0.4 is 10.1 Å². The third-order valence-corrected chi connectivity index (χ3v) is 5.97. The molecule has 0 aliphatic carbocycles. The summed E-state index contributed by atoms with van der Waals surface area (Å²) < 4.78 is 7.98. The van der Waals surface area contributed by atoms with E-state index in [1.165, 1.54) is 11.8 Å². The molecule has 1 N–H and O–H groups in total. The van der Waals surface area contributed by atoms with Gasteiger partial charge in [0, 0.05) is 12.2 Å². The fraction of sp³-hybridized carbons (Fsp3) is 0.375. The van der Waals surface area contributed by atoms with Crippen LogP contribution in [0.4, 0.5) is 5.69 Å². The number of thioether (sulfide) groups is 1. The maximum atomic E-state index is 12.5. The Balaban J connectivity index is 1.62. The van der Waals surface area contributed by atoms with Crippen molar-refractivity contribution in [1.82, 2.24) is 14.8 Å². The summed E-state index contributed by atoms with van der Waals surface area (Å²) in [5.74, 6) is 2.14. The van der Waals surface area contributed by atoms with Crippen LogP contribution in [0.25, 0.3) is 0 Å². The molecule has 0 bridgehead atoms. The van der Waals surface area contributed by atoms with E-state index >= 15 is 0 Å². The number of anilines is 1. The normalized spacial score (nSPS) is 11.0. The van der Waals surface area contributed by atoms with E-state index in [-0.39, 0.29) is 11.7 Å². The van der Waals surface area contributed by atoms with Gasteiger partial charge in [0.1, 0.15) is 12.4 Å². The molecule has 3 rings (SSSR count). The molecule has 0 aliphatic rings. The number of rotatable bonds is 9. The van der Waals surface area contributed by atoms with Crippen LogP contribution in [-0.2, 0) is 17.9 Å². The highest BCUT2D eigenvalue weighted by atomic mass is 32.2. The van der Waals surface area contributed by atoms with Gasteiger partial charge >= 0.3 is 0 Å². The molecular weight excluding hydrogens is 408 g/mol. The standard InChI is InChI=1S/C24H30N4O2S/c1-6-28-22(14-30-21-13-17(4)11-12-18(21)5)26-27-24(28)31-15-23(29)25-20-10-8-7-9-19(20)16(2)3/h7-13,16H,6,14-15H2,1-5H3,(H,25,29). The summed E-state index contributed by atoms with van der Waals surface area (Å²) in [5.41, 5.74) is 4.23. The van der Waals surface area contributed by atoms with Crippen molar-refractivity contribution in [2.75, 3.05) is 11.1 Å². The summed E-state index contributed by atoms with van der Waals surface area (Å²) in [6, 6.07) is 14.0. The monoisotopic (exact) mass is 438 g/mol. The molecule has 1 heterocycles. The van der Waals surface area contributed by atoms with E-state index in [1.54, 1.807) is 0 Å². The Hall–Kier alpha value is -2.80. The molecule has 1 amide bonds. The summed E-state index contributed by atoms with van der Waals surface area (Å²) in [7, 11) is 0. The number of carbonyl (C=O) groups is 1. The van der Waals surface area contributed by atoms with Gasteiger partial charge in [-0.1, -0.05) is 55.9 Å². The first-order valence-electron chi connectivity index (χ1n) is 10.5. The van der Waals surface area contributed by atoms with Crippen LogP contribution in [0.2, 0.25) is 0 Å². The topological polar surface area (TPSA) is 69.0 Å². The number of nitrogens with zero attached hydrogens (tertiary/aromatic N) is 3. The van der Waals surface area contributed by atoms with Gasteiger partial charge in [-0.3, -0.25) is 4.79 Å². The number of aryl methyl sites for hydroxylation is 2. The van der Waals surface area contributed by atoms with Crippen LogP contribution in [-0.4, -0.2) is 26.4 Å². The van der Waals surface area contributed by atoms with Crippen LogP contribution in [0.1, 0.15) is 49.2 Å². The van der Waals surface area contributed by atoms with Crippen molar-refractivity contribution in [3.63, 3.8) is 0 Å². The molecule has 0 fully saturated rings. The highest BCUT2D eigenvalue weighted by Gasteiger charge is 2.15. The van der Waals surface area contributed by atoms with Gasteiger partial charge in [0.05, 0.1) is 5.75 Å². The van der Waals surface area contributed by atoms with Crippen LogP contribution >= 0.6 is 11.8 Å². The Bertz CT molecular complexity index is 1050. The summed E-state index contributed by atoms with van der Waals surface area (Å²) in [5, 5.41) is 12.3. The molecule has 0 aliphatic heterocycles. The maximum absolute atomic E-state index is 12.5. The van der Waals surface area contributed by atoms with Crippen molar-refractivity contribution in [3.8, 4) is 5.75 Å². The number of hydrogen-bond donors (Lipinski definition) is 1. The van der Waals surface area contributed by atoms with Gasteiger partial charge in [0.15, 0.2) is 11.0 Å². The van der Waals surface area contributed by atoms with Gasteiger partial charge < -0.3 is 14.6 Å². The van der Waals surface area contributed by atoms with Crippen molar-refractivity contribution in [2.24, 2.45) is 0 Å². The van der Waals surface area contributed by atoms with E-state index in [0.29, 0.717) is 24.2 Å². The second-order valence-electron chi connectivity index (χ2n) is 7.78. The molecular formula is C24H30N4O2S. The van der Waals surface area contributed by atoms with E-state index in [1.807, 2.05) is 61.7 Å². The maximum Gasteiger partial charge on any atom is 0.234 e. The lowest BCUT2D eigenvalue weighted by Gasteiger charge is -2.13. The minimum absolute atomic E-state index is 0.0584. The number of ether oxygens (including phenoxy) is 1. The molecule has 3 aromatic rings. The Labute approximate surface area is 188 Å². The molecule has 164 valence electrons. The molecule has 0 atom stereocenters. The molecule has 0 unspecified atom stereocenters. The summed E-state index contributed by atoms with van der Waals surface area (Å²) >= 11 is 1.38. The smallest absolute Gasteiger partial charge is 0.234 e. The van der Waals surface area contributed by atoms with Gasteiger partial charge in [0.2, 0.25) is 5.91 Å². The molecule has 0 spiro atoms. The molecule has 6 nitrogen and oxygen atoms in total. The molecule has 0 saturated heterocycles. The van der Waals surface area contributed by atoms with Crippen LogP contribution in [0, 0.1) is 13.8 Å². The van der Waals surface area contributed by atoms with Crippen LogP contribution in [0.5, 0.6) is 5.75 Å². The van der Waals surface area contributed by atoms with E-state index in [9.17, 15) is 4.79 Å². The zero-order chi connectivity index (χ0) is 22.4. The molecule has 2 aromatic carbocycles. The number of amides is 1. The first kappa shape index (κ1) is 22.9. The quantitative estimate of drug-likeness (QED) is 0.456. The zero-order valence-corrected chi connectivity index (χ0v) is 19.6. The van der Waals surface area contributed by atoms with E-state index < -0.39 is 0 Å². The predicted molar refractivity (Wildman–Crippen MR) is 126 cm³/mol. The number of benzene rings is 2. The van der Waals surface area contributed by atoms with Crippen molar-refractivity contribution in [1.29, 1.82) is 0 Å². The van der Waals surface area contributed by atoms with E-state index in [4.69, 9.17) is 4.74 Å². The lowest BCUT2D eigenvalue weighted by atomic mass is 10.0. The zero-order valence-electron chi connectivity index (χ0n) is 18.8. The van der Waals surface area contributed by atoms with Crippen molar-refractivity contribution < 1.29 is 9.53 Å². The molecule has 31 heavy (non-hydrogen) atoms. The summed E-state index contributed by atoms with van der Waals surface area (Å²) in [6.07, 6.45) is 0. The number of hydrogen-bond acceptors (Lipinski definition) is 5. The van der Waals surface area contributed by atoms with Crippen LogP contribution in [0.15, 0.2) is 47.6 Å². The second-order valence-corrected chi connectivity index (χ2v) is 8.72. The van der Waals surface area contributed by atoms with Gasteiger partial charge in [0.25, 0.3) is 0 Å². The van der Waals surface area contributed by atoms with Gasteiger partial charge in [-0.2, -0.15) is 0 Å². The summed E-state index contributed by atoms with van der Waals surface area (Å²) in [6.45, 7) is 11.4. The minimum Gasteiger partial charge on any atom is -0.485 e. The lowest BCUT2D eigenvalue weighted by molar-refractivity contribution is -0.113. The van der Waals surface area contributed by atoms with Gasteiger partial charge in [-0.25, -0.2) is 0 Å². The molecule has 7 heteroatoms. The Morgan fingerprint density at radius 1 is 1.16 bits per heavy atom. The van der Waals surface area contributed by atoms with E-state index in [0.717, 1.165) is 34.0 Å². The van der Waals surface area contributed by atoms with Crippen molar-refractivity contribution >= 4 is 23.4 Å². The fourth-order valence-electron chi connectivity index (χ4n) is 3.29.